The van der Waals surface area contributed by atoms with Gasteiger partial charge < -0.3 is 25.8 Å². The van der Waals surface area contributed by atoms with E-state index in [1.165, 1.54) is 0 Å². The molecule has 33 heavy (non-hydrogen) atoms. The van der Waals surface area contributed by atoms with Gasteiger partial charge in [-0.15, -0.1) is 0 Å². The highest BCUT2D eigenvalue weighted by Crippen LogP contribution is 2.17. The molecule has 1 saturated heterocycles. The highest BCUT2D eigenvalue weighted by atomic mass is 16.6. The zero-order valence-electron chi connectivity index (χ0n) is 20.2. The molecule has 0 aliphatic carbocycles. The predicted octanol–water partition coefficient (Wildman–Crippen LogP) is 2.40. The molecule has 8 nitrogen and oxygen atoms in total. The van der Waals surface area contributed by atoms with E-state index >= 15 is 0 Å². The molecule has 4 N–H and O–H groups in total. The molecular formula is C25H39N3O5. The van der Waals surface area contributed by atoms with Crippen molar-refractivity contribution in [1.82, 2.24) is 16.0 Å². The van der Waals surface area contributed by atoms with Crippen LogP contribution in [0.3, 0.4) is 0 Å². The van der Waals surface area contributed by atoms with Crippen LogP contribution in [0.25, 0.3) is 0 Å². The largest absolute Gasteiger partial charge is 0.446 e. The number of aliphatic hydroxyl groups is 1. The second kappa shape index (κ2) is 13.2. The Balaban J connectivity index is 1.98. The highest BCUT2D eigenvalue weighted by Gasteiger charge is 2.30. The lowest BCUT2D eigenvalue weighted by Gasteiger charge is -2.26. The van der Waals surface area contributed by atoms with E-state index < -0.39 is 18.2 Å². The lowest BCUT2D eigenvalue weighted by atomic mass is 9.97. The molecular weight excluding hydrogens is 422 g/mol. The Kier molecular flexibility index (Phi) is 10.6. The molecule has 0 saturated carbocycles. The van der Waals surface area contributed by atoms with Gasteiger partial charge in [-0.3, -0.25) is 9.59 Å². The maximum absolute atomic E-state index is 13.0. The van der Waals surface area contributed by atoms with Gasteiger partial charge >= 0.3 is 6.09 Å². The molecule has 184 valence electrons. The summed E-state index contributed by atoms with van der Waals surface area (Å²) in [6.07, 6.45) is 1.09. The van der Waals surface area contributed by atoms with E-state index in [4.69, 9.17) is 4.74 Å². The van der Waals surface area contributed by atoms with E-state index in [1.54, 1.807) is 0 Å². The molecule has 3 amide bonds. The fourth-order valence-electron chi connectivity index (χ4n) is 3.97. The number of hydrogen-bond acceptors (Lipinski definition) is 5. The molecule has 0 aromatic heterocycles. The zero-order valence-corrected chi connectivity index (χ0v) is 20.2. The van der Waals surface area contributed by atoms with Gasteiger partial charge in [0, 0.05) is 18.9 Å². The van der Waals surface area contributed by atoms with Crippen molar-refractivity contribution in [2.45, 2.75) is 71.6 Å². The highest BCUT2D eigenvalue weighted by molar-refractivity contribution is 5.86. The molecule has 4 atom stereocenters. The molecule has 1 heterocycles. The molecule has 1 aliphatic heterocycles. The summed E-state index contributed by atoms with van der Waals surface area (Å²) in [6.45, 7) is 8.24. The third-order valence-corrected chi connectivity index (χ3v) is 5.90. The summed E-state index contributed by atoms with van der Waals surface area (Å²) in [5.74, 6) is -0.415. The first kappa shape index (κ1) is 26.6. The predicted molar refractivity (Wildman–Crippen MR) is 126 cm³/mol. The summed E-state index contributed by atoms with van der Waals surface area (Å²) in [6, 6.07) is 8.46. The lowest BCUT2D eigenvalue weighted by Crippen LogP contribution is -2.52. The number of benzene rings is 1. The Labute approximate surface area is 196 Å². The first-order chi connectivity index (χ1) is 15.7. The van der Waals surface area contributed by atoms with Crippen molar-refractivity contribution < 1.29 is 24.2 Å². The Morgan fingerprint density at radius 1 is 1.15 bits per heavy atom. The number of aliphatic hydroxyl groups excluding tert-OH is 1. The molecule has 2 rings (SSSR count). The Morgan fingerprint density at radius 3 is 2.39 bits per heavy atom. The molecule has 3 unspecified atom stereocenters. The van der Waals surface area contributed by atoms with Crippen molar-refractivity contribution in [2.24, 2.45) is 17.8 Å². The third kappa shape index (κ3) is 9.04. The average Bonchev–Trinajstić information content (AvgIpc) is 3.16. The van der Waals surface area contributed by atoms with E-state index in [9.17, 15) is 19.5 Å². The van der Waals surface area contributed by atoms with Crippen molar-refractivity contribution in [2.75, 3.05) is 13.2 Å². The Morgan fingerprint density at radius 2 is 1.85 bits per heavy atom. The molecule has 0 bridgehead atoms. The van der Waals surface area contributed by atoms with Gasteiger partial charge in [0.25, 0.3) is 0 Å². The van der Waals surface area contributed by atoms with Crippen LogP contribution in [0.5, 0.6) is 0 Å². The lowest BCUT2D eigenvalue weighted by molar-refractivity contribution is -0.126. The minimum absolute atomic E-state index is 0.0544. The van der Waals surface area contributed by atoms with E-state index in [1.807, 2.05) is 58.0 Å². The van der Waals surface area contributed by atoms with Crippen LogP contribution < -0.4 is 16.0 Å². The van der Waals surface area contributed by atoms with E-state index in [0.717, 1.165) is 5.56 Å². The molecule has 1 aromatic rings. The minimum atomic E-state index is -0.798. The van der Waals surface area contributed by atoms with Crippen molar-refractivity contribution in [3.63, 3.8) is 0 Å². The molecule has 0 spiro atoms. The number of hydrogen-bond donors (Lipinski definition) is 4. The van der Waals surface area contributed by atoms with Gasteiger partial charge in [0.15, 0.2) is 0 Å². The first-order valence-corrected chi connectivity index (χ1v) is 11.9. The van der Waals surface area contributed by atoms with Gasteiger partial charge in [0.05, 0.1) is 12.6 Å². The smallest absolute Gasteiger partial charge is 0.408 e. The molecule has 1 aromatic carbocycles. The monoisotopic (exact) mass is 461 g/mol. The van der Waals surface area contributed by atoms with Gasteiger partial charge in [-0.1, -0.05) is 58.0 Å². The molecule has 0 radical (unpaired) electrons. The fraction of sp³-hybridized carbons (Fsp3) is 0.640. The zero-order chi connectivity index (χ0) is 24.4. The number of carbonyl (C=O) groups is 3. The van der Waals surface area contributed by atoms with Gasteiger partial charge in [-0.2, -0.15) is 0 Å². The van der Waals surface area contributed by atoms with Crippen LogP contribution in [-0.4, -0.2) is 54.4 Å². The summed E-state index contributed by atoms with van der Waals surface area (Å²) in [4.78, 5) is 37.5. The molecule has 8 heteroatoms. The summed E-state index contributed by atoms with van der Waals surface area (Å²) in [5, 5.41) is 18.0. The number of ether oxygens (including phenoxy) is 1. The summed E-state index contributed by atoms with van der Waals surface area (Å²) in [7, 11) is 0. The van der Waals surface area contributed by atoms with E-state index in [0.29, 0.717) is 32.2 Å². The second-order valence-corrected chi connectivity index (χ2v) is 9.60. The van der Waals surface area contributed by atoms with Crippen LogP contribution in [0.4, 0.5) is 4.79 Å². The minimum Gasteiger partial charge on any atom is -0.446 e. The molecule has 1 fully saturated rings. The van der Waals surface area contributed by atoms with Gasteiger partial charge in [-0.25, -0.2) is 4.79 Å². The Hall–Kier alpha value is -2.61. The maximum Gasteiger partial charge on any atom is 0.408 e. The van der Waals surface area contributed by atoms with Crippen LogP contribution in [0.2, 0.25) is 0 Å². The van der Waals surface area contributed by atoms with Crippen molar-refractivity contribution in [1.29, 1.82) is 0 Å². The van der Waals surface area contributed by atoms with Crippen LogP contribution in [0, 0.1) is 17.8 Å². The quantitative estimate of drug-likeness (QED) is 0.381. The van der Waals surface area contributed by atoms with Gasteiger partial charge in [-0.05, 0) is 36.7 Å². The topological polar surface area (TPSA) is 117 Å². The summed E-state index contributed by atoms with van der Waals surface area (Å²) in [5.41, 5.74) is 1.07. The van der Waals surface area contributed by atoms with E-state index in [2.05, 4.69) is 16.0 Å². The first-order valence-electron chi connectivity index (χ1n) is 11.9. The average molecular weight is 462 g/mol. The normalized spacial score (nSPS) is 18.5. The van der Waals surface area contributed by atoms with Crippen LogP contribution >= 0.6 is 0 Å². The standard InChI is InChI=1S/C25H39N3O5/c1-16(2)12-21(24(31)27-20(15-29)14-19-10-11-26-23(19)30)28-25(32)33-22(17(3)4)13-18-8-6-5-7-9-18/h5-9,16-17,19-22,29H,10-15H2,1-4H3,(H,26,30)(H,27,31)(H,28,32)/t19-,20?,21?,22?/m0/s1. The summed E-state index contributed by atoms with van der Waals surface area (Å²) >= 11 is 0. The summed E-state index contributed by atoms with van der Waals surface area (Å²) < 4.78 is 5.70. The van der Waals surface area contributed by atoms with Crippen LogP contribution in [-0.2, 0) is 20.7 Å². The van der Waals surface area contributed by atoms with Gasteiger partial charge in [0.1, 0.15) is 12.1 Å². The number of rotatable bonds is 12. The van der Waals surface area contributed by atoms with Crippen LogP contribution in [0.15, 0.2) is 30.3 Å². The number of carbonyl (C=O) groups excluding carboxylic acids is 3. The van der Waals surface area contributed by atoms with Crippen molar-refractivity contribution in [3.8, 4) is 0 Å². The van der Waals surface area contributed by atoms with Crippen LogP contribution in [0.1, 0.15) is 52.5 Å². The SMILES string of the molecule is CC(C)CC(NC(=O)OC(Cc1ccccc1)C(C)C)C(=O)NC(CO)C[C@@H]1CCNC1=O. The molecule has 1 aliphatic rings. The maximum atomic E-state index is 13.0. The van der Waals surface area contributed by atoms with Crippen molar-refractivity contribution >= 4 is 17.9 Å². The van der Waals surface area contributed by atoms with Gasteiger partial charge in [0.2, 0.25) is 11.8 Å². The Bertz CT molecular complexity index is 769. The van der Waals surface area contributed by atoms with Crippen molar-refractivity contribution in [3.05, 3.63) is 35.9 Å². The second-order valence-electron chi connectivity index (χ2n) is 9.60. The number of amides is 3. The van der Waals surface area contributed by atoms with E-state index in [-0.39, 0.29) is 42.3 Å². The third-order valence-electron chi connectivity index (χ3n) is 5.90. The number of nitrogens with one attached hydrogen (secondary N) is 3. The fourth-order valence-corrected chi connectivity index (χ4v) is 3.97. The number of alkyl carbamates (subject to hydrolysis) is 1.